The maximum atomic E-state index is 10.8. The molecule has 2 aromatic carbocycles. The molecule has 1 aliphatic carbocycles. The zero-order valence-electron chi connectivity index (χ0n) is 14.9. The lowest BCUT2D eigenvalue weighted by atomic mass is 9.80. The molecule has 5 N–H and O–H groups in total. The molecule has 0 saturated heterocycles. The number of benzene rings is 2. The summed E-state index contributed by atoms with van der Waals surface area (Å²) in [6.45, 7) is 1.50. The zero-order chi connectivity index (χ0) is 19.9. The number of allylic oxidation sites excluding steroid dienone is 2. The Hall–Kier alpha value is -3.38. The average molecular weight is 366 g/mol. The van der Waals surface area contributed by atoms with Crippen LogP contribution in [0.15, 0.2) is 78.4 Å². The van der Waals surface area contributed by atoms with E-state index in [1.165, 1.54) is 30.7 Å². The van der Waals surface area contributed by atoms with Crippen LogP contribution < -0.4 is 11.3 Å². The number of nitrogen functional groups attached to an aromatic ring is 1. The Labute approximate surface area is 157 Å². The lowest BCUT2D eigenvalue weighted by Crippen LogP contribution is -2.28. The van der Waals surface area contributed by atoms with Crippen molar-refractivity contribution in [3.8, 4) is 11.1 Å². The predicted octanol–water partition coefficient (Wildman–Crippen LogP) is 3.69. The van der Waals surface area contributed by atoms with Crippen molar-refractivity contribution in [2.45, 2.75) is 13.3 Å². The number of carbonyl (C=O) groups is 2. The van der Waals surface area contributed by atoms with Crippen LogP contribution in [0.5, 0.6) is 0 Å². The van der Waals surface area contributed by atoms with Gasteiger partial charge in [0.1, 0.15) is 0 Å². The minimum atomic E-state index is -1.08. The number of anilines is 1. The molecule has 1 unspecified atom stereocenters. The number of carboxylic acid groups (broad SMARTS) is 2. The van der Waals surface area contributed by atoms with E-state index in [2.05, 4.69) is 17.6 Å². The number of para-hydroxylation sites is 1. The van der Waals surface area contributed by atoms with Crippen molar-refractivity contribution in [1.29, 1.82) is 0 Å². The fourth-order valence-electron chi connectivity index (χ4n) is 2.66. The van der Waals surface area contributed by atoms with Crippen LogP contribution in [0.4, 0.5) is 5.69 Å². The van der Waals surface area contributed by atoms with Crippen LogP contribution in [0.1, 0.15) is 13.3 Å². The molecule has 0 fully saturated rings. The molecule has 0 aromatic heterocycles. The fourth-order valence-corrected chi connectivity index (χ4v) is 2.66. The van der Waals surface area contributed by atoms with Crippen LogP contribution in [-0.4, -0.2) is 22.2 Å². The topological polar surface area (TPSA) is 113 Å². The smallest absolute Gasteiger partial charge is 0.331 e. The van der Waals surface area contributed by atoms with Crippen molar-refractivity contribution in [2.75, 3.05) is 5.43 Å². The Morgan fingerprint density at radius 1 is 1.04 bits per heavy atom. The summed E-state index contributed by atoms with van der Waals surface area (Å²) >= 11 is 0. The van der Waals surface area contributed by atoms with Crippen molar-refractivity contribution < 1.29 is 19.8 Å². The second-order valence-electron chi connectivity index (χ2n) is 6.31. The largest absolute Gasteiger partial charge is 0.481 e. The molecule has 0 heterocycles. The molecule has 0 aliphatic heterocycles. The maximum absolute atomic E-state index is 10.8. The third kappa shape index (κ3) is 5.05. The third-order valence-corrected chi connectivity index (χ3v) is 4.25. The summed E-state index contributed by atoms with van der Waals surface area (Å²) in [5.74, 6) is 3.38. The molecule has 27 heavy (non-hydrogen) atoms. The molecule has 1 atom stereocenters. The Kier molecular flexibility index (Phi) is 6.51. The van der Waals surface area contributed by atoms with Crippen molar-refractivity contribution in [1.82, 2.24) is 0 Å². The highest BCUT2D eigenvalue weighted by Crippen LogP contribution is 2.31. The highest BCUT2D eigenvalue weighted by atomic mass is 16.4. The number of nitrogens with two attached hydrogens (primary N) is 1. The quantitative estimate of drug-likeness (QED) is 0.485. The monoisotopic (exact) mass is 366 g/mol. The van der Waals surface area contributed by atoms with E-state index in [1.54, 1.807) is 0 Å². The van der Waals surface area contributed by atoms with Gasteiger partial charge in [0.2, 0.25) is 0 Å². The Bertz CT molecular complexity index is 875. The van der Waals surface area contributed by atoms with E-state index in [4.69, 9.17) is 16.1 Å². The third-order valence-electron chi connectivity index (χ3n) is 4.25. The van der Waals surface area contributed by atoms with Crippen LogP contribution >= 0.6 is 0 Å². The average Bonchev–Trinajstić information content (AvgIpc) is 2.69. The lowest BCUT2D eigenvalue weighted by molar-refractivity contribution is -0.145. The van der Waals surface area contributed by atoms with Gasteiger partial charge in [0, 0.05) is 11.1 Å². The van der Waals surface area contributed by atoms with Crippen molar-refractivity contribution in [3.63, 3.8) is 0 Å². The fraction of sp³-hybridized carbons (Fsp3) is 0.143. The molecular weight excluding hydrogens is 344 g/mol. The summed E-state index contributed by atoms with van der Waals surface area (Å²) in [4.78, 5) is 21.3. The Morgan fingerprint density at radius 3 is 2.26 bits per heavy atom. The predicted molar refractivity (Wildman–Crippen MR) is 105 cm³/mol. The van der Waals surface area contributed by atoms with E-state index < -0.39 is 17.4 Å². The van der Waals surface area contributed by atoms with Crippen molar-refractivity contribution in [3.05, 3.63) is 78.4 Å². The molecule has 0 saturated carbocycles. The van der Waals surface area contributed by atoms with Crippen LogP contribution in [-0.2, 0) is 9.59 Å². The summed E-state index contributed by atoms with van der Waals surface area (Å²) in [5, 5.41) is 17.5. The highest BCUT2D eigenvalue weighted by molar-refractivity contribution is 5.90. The number of hydrazine groups is 1. The molecule has 0 radical (unpaired) electrons. The zero-order valence-corrected chi connectivity index (χ0v) is 14.9. The molecule has 140 valence electrons. The van der Waals surface area contributed by atoms with E-state index in [9.17, 15) is 9.59 Å². The van der Waals surface area contributed by atoms with E-state index in [1.807, 2.05) is 42.5 Å². The molecule has 0 amide bonds. The number of carboxylic acids is 2. The van der Waals surface area contributed by atoms with E-state index >= 15 is 0 Å². The van der Waals surface area contributed by atoms with Crippen LogP contribution in [0, 0.1) is 5.41 Å². The first-order valence-electron chi connectivity index (χ1n) is 8.33. The lowest BCUT2D eigenvalue weighted by Gasteiger charge is -2.23. The SMILES string of the molecule is CC1(C(=O)O)C=CC=C(C(=O)O)C1.NNc1ccccc1-c1ccccc1. The van der Waals surface area contributed by atoms with Gasteiger partial charge in [-0.3, -0.25) is 10.6 Å². The van der Waals surface area contributed by atoms with Gasteiger partial charge in [0.15, 0.2) is 0 Å². The van der Waals surface area contributed by atoms with Gasteiger partial charge in [-0.15, -0.1) is 0 Å². The molecule has 0 spiro atoms. The molecule has 3 rings (SSSR count). The van der Waals surface area contributed by atoms with Gasteiger partial charge in [-0.05, 0) is 25.0 Å². The van der Waals surface area contributed by atoms with Gasteiger partial charge in [-0.2, -0.15) is 0 Å². The van der Waals surface area contributed by atoms with Crippen molar-refractivity contribution >= 4 is 17.6 Å². The van der Waals surface area contributed by atoms with Crippen LogP contribution in [0.3, 0.4) is 0 Å². The standard InChI is InChI=1S/C12H12N2.C9H10O4/c13-14-12-9-5-4-8-11(12)10-6-2-1-3-7-10;1-9(8(12)13)4-2-3-6(5-9)7(10)11/h1-9,14H,13H2;2-4H,5H2,1H3,(H,10,11)(H,12,13). The van der Waals surface area contributed by atoms with E-state index in [0.717, 1.165) is 11.3 Å². The second kappa shape index (κ2) is 8.82. The number of nitrogens with one attached hydrogen (secondary N) is 1. The van der Waals surface area contributed by atoms with Gasteiger partial charge in [-0.1, -0.05) is 66.8 Å². The first-order valence-corrected chi connectivity index (χ1v) is 8.33. The minimum Gasteiger partial charge on any atom is -0.481 e. The van der Waals surface area contributed by atoms with Crippen LogP contribution in [0.25, 0.3) is 11.1 Å². The highest BCUT2D eigenvalue weighted by Gasteiger charge is 2.34. The van der Waals surface area contributed by atoms with Gasteiger partial charge in [-0.25, -0.2) is 4.79 Å². The molecule has 6 heteroatoms. The number of hydrogen-bond acceptors (Lipinski definition) is 4. The molecule has 6 nitrogen and oxygen atoms in total. The normalized spacial score (nSPS) is 17.9. The summed E-state index contributed by atoms with van der Waals surface area (Å²) in [5.41, 5.74) is 4.98. The Morgan fingerprint density at radius 2 is 1.67 bits per heavy atom. The summed E-state index contributed by atoms with van der Waals surface area (Å²) in [6.07, 6.45) is 4.43. The molecule has 1 aliphatic rings. The maximum Gasteiger partial charge on any atom is 0.331 e. The van der Waals surface area contributed by atoms with Gasteiger partial charge < -0.3 is 15.6 Å². The number of aliphatic carboxylic acids is 2. The molecule has 0 bridgehead atoms. The first-order chi connectivity index (χ1) is 12.9. The molecule has 2 aromatic rings. The summed E-state index contributed by atoms with van der Waals surface area (Å²) in [7, 11) is 0. The summed E-state index contributed by atoms with van der Waals surface area (Å²) in [6, 6.07) is 18.1. The number of rotatable bonds is 4. The van der Waals surface area contributed by atoms with Gasteiger partial charge in [0.25, 0.3) is 0 Å². The Balaban J connectivity index is 0.000000194. The van der Waals surface area contributed by atoms with E-state index in [-0.39, 0.29) is 12.0 Å². The first kappa shape index (κ1) is 19.9. The minimum absolute atomic E-state index is 0.0359. The van der Waals surface area contributed by atoms with Gasteiger partial charge >= 0.3 is 11.9 Å². The van der Waals surface area contributed by atoms with Crippen LogP contribution in [0.2, 0.25) is 0 Å². The van der Waals surface area contributed by atoms with Gasteiger partial charge in [0.05, 0.1) is 11.1 Å². The second-order valence-corrected chi connectivity index (χ2v) is 6.31. The van der Waals surface area contributed by atoms with Crippen molar-refractivity contribution in [2.24, 2.45) is 11.3 Å². The van der Waals surface area contributed by atoms with E-state index in [0.29, 0.717) is 0 Å². The number of hydrogen-bond donors (Lipinski definition) is 4. The molecular formula is C21H22N2O4. The summed E-state index contributed by atoms with van der Waals surface area (Å²) < 4.78 is 0.